The van der Waals surface area contributed by atoms with Crippen LogP contribution in [-0.2, 0) is 11.2 Å². The van der Waals surface area contributed by atoms with Crippen LogP contribution in [0.4, 0.5) is 5.69 Å². The van der Waals surface area contributed by atoms with Crippen molar-refractivity contribution in [3.8, 4) is 0 Å². The summed E-state index contributed by atoms with van der Waals surface area (Å²) in [4.78, 5) is 12.2. The molecule has 4 rings (SSSR count). The summed E-state index contributed by atoms with van der Waals surface area (Å²) in [7, 11) is 0. The van der Waals surface area contributed by atoms with Gasteiger partial charge in [-0.3, -0.25) is 4.79 Å². The van der Waals surface area contributed by atoms with Crippen LogP contribution >= 0.6 is 0 Å². The lowest BCUT2D eigenvalue weighted by molar-refractivity contribution is -0.117. The smallest absolute Gasteiger partial charge is 0.232 e. The van der Waals surface area contributed by atoms with Crippen LogP contribution in [0.2, 0.25) is 0 Å². The lowest BCUT2D eigenvalue weighted by Crippen LogP contribution is -2.13. The van der Waals surface area contributed by atoms with Crippen molar-refractivity contribution in [3.63, 3.8) is 0 Å². The molecule has 1 atom stereocenters. The number of hydrogen-bond donors (Lipinski definition) is 1. The average molecular weight is 277 g/mol. The molecule has 21 heavy (non-hydrogen) atoms. The summed E-state index contributed by atoms with van der Waals surface area (Å²) in [6.07, 6.45) is 0.594. The number of carbonyl (C=O) groups is 1. The Bertz CT molecular complexity index is 814. The summed E-state index contributed by atoms with van der Waals surface area (Å²) < 4.78 is 5.84. The fraction of sp³-hybridized carbons (Fsp3) is 0.167. The highest BCUT2D eigenvalue weighted by Gasteiger charge is 2.31. The van der Waals surface area contributed by atoms with Gasteiger partial charge >= 0.3 is 0 Å². The Labute approximate surface area is 122 Å². The zero-order valence-electron chi connectivity index (χ0n) is 11.7. The molecule has 0 unspecified atom stereocenters. The number of furan rings is 1. The van der Waals surface area contributed by atoms with Crippen molar-refractivity contribution in [2.24, 2.45) is 0 Å². The van der Waals surface area contributed by atoms with Gasteiger partial charge in [-0.05, 0) is 30.7 Å². The number of aryl methyl sites for hydroxylation is 1. The number of benzene rings is 2. The van der Waals surface area contributed by atoms with Gasteiger partial charge in [0.25, 0.3) is 0 Å². The van der Waals surface area contributed by atoms with E-state index >= 15 is 0 Å². The SMILES string of the molecule is Cc1ccc2c(c1)[C@H](Cc1cc3ccccc3o1)C(=O)N2. The first-order valence-corrected chi connectivity index (χ1v) is 7.09. The predicted octanol–water partition coefficient (Wildman–Crippen LogP) is 4.02. The van der Waals surface area contributed by atoms with Crippen LogP contribution in [0, 0.1) is 6.92 Å². The second-order valence-corrected chi connectivity index (χ2v) is 5.59. The molecule has 104 valence electrons. The van der Waals surface area contributed by atoms with Crippen molar-refractivity contribution in [2.45, 2.75) is 19.3 Å². The highest BCUT2D eigenvalue weighted by atomic mass is 16.3. The summed E-state index contributed by atoms with van der Waals surface area (Å²) >= 11 is 0. The lowest BCUT2D eigenvalue weighted by atomic mass is 9.95. The summed E-state index contributed by atoms with van der Waals surface area (Å²) in [6, 6.07) is 16.0. The molecule has 2 aromatic carbocycles. The number of amides is 1. The average Bonchev–Trinajstić information content (AvgIpc) is 3.01. The van der Waals surface area contributed by atoms with Crippen LogP contribution in [-0.4, -0.2) is 5.91 Å². The molecule has 0 saturated carbocycles. The van der Waals surface area contributed by atoms with E-state index in [0.29, 0.717) is 6.42 Å². The summed E-state index contributed by atoms with van der Waals surface area (Å²) in [6.45, 7) is 2.04. The maximum atomic E-state index is 12.2. The zero-order chi connectivity index (χ0) is 14.4. The van der Waals surface area contributed by atoms with E-state index in [4.69, 9.17) is 4.42 Å². The number of carbonyl (C=O) groups excluding carboxylic acids is 1. The van der Waals surface area contributed by atoms with Crippen molar-refractivity contribution in [3.05, 3.63) is 65.4 Å². The third-order valence-electron chi connectivity index (χ3n) is 4.04. The van der Waals surface area contributed by atoms with Crippen molar-refractivity contribution in [1.82, 2.24) is 0 Å². The van der Waals surface area contributed by atoms with Crippen LogP contribution in [0.25, 0.3) is 11.0 Å². The number of anilines is 1. The Kier molecular flexibility index (Phi) is 2.61. The number of para-hydroxylation sites is 1. The van der Waals surface area contributed by atoms with E-state index in [1.165, 1.54) is 5.56 Å². The van der Waals surface area contributed by atoms with Gasteiger partial charge in [0.1, 0.15) is 11.3 Å². The lowest BCUT2D eigenvalue weighted by Gasteiger charge is -2.07. The summed E-state index contributed by atoms with van der Waals surface area (Å²) in [5.41, 5.74) is 4.03. The molecule has 1 aromatic heterocycles. The van der Waals surface area contributed by atoms with E-state index in [2.05, 4.69) is 11.4 Å². The van der Waals surface area contributed by atoms with Crippen LogP contribution in [0.1, 0.15) is 22.8 Å². The quantitative estimate of drug-likeness (QED) is 0.768. The monoisotopic (exact) mass is 277 g/mol. The van der Waals surface area contributed by atoms with Crippen LogP contribution in [0.15, 0.2) is 52.9 Å². The molecule has 3 heteroatoms. The third-order valence-corrected chi connectivity index (χ3v) is 4.04. The van der Waals surface area contributed by atoms with E-state index < -0.39 is 0 Å². The minimum absolute atomic E-state index is 0.0519. The fourth-order valence-corrected chi connectivity index (χ4v) is 2.99. The summed E-state index contributed by atoms with van der Waals surface area (Å²) in [5, 5.41) is 4.03. The molecule has 1 amide bonds. The Balaban J connectivity index is 1.71. The van der Waals surface area contributed by atoms with Gasteiger partial charge in [-0.25, -0.2) is 0 Å². The molecule has 1 aliphatic rings. The maximum Gasteiger partial charge on any atom is 0.232 e. The topological polar surface area (TPSA) is 42.2 Å². The first kappa shape index (κ1) is 12.2. The molecule has 1 N–H and O–H groups in total. The molecular weight excluding hydrogens is 262 g/mol. The molecule has 3 nitrogen and oxygen atoms in total. The summed E-state index contributed by atoms with van der Waals surface area (Å²) in [5.74, 6) is 0.738. The minimum Gasteiger partial charge on any atom is -0.461 e. The highest BCUT2D eigenvalue weighted by molar-refractivity contribution is 6.03. The van der Waals surface area contributed by atoms with E-state index in [9.17, 15) is 4.79 Å². The number of rotatable bonds is 2. The van der Waals surface area contributed by atoms with Crippen molar-refractivity contribution >= 4 is 22.6 Å². The first-order chi connectivity index (χ1) is 10.2. The van der Waals surface area contributed by atoms with Gasteiger partial charge in [0.05, 0.1) is 5.92 Å². The van der Waals surface area contributed by atoms with Crippen LogP contribution in [0.3, 0.4) is 0 Å². The molecule has 0 radical (unpaired) electrons. The van der Waals surface area contributed by atoms with Gasteiger partial charge < -0.3 is 9.73 Å². The number of fused-ring (bicyclic) bond motifs is 2. The number of nitrogens with one attached hydrogen (secondary N) is 1. The Hall–Kier alpha value is -2.55. The minimum atomic E-state index is -0.166. The molecule has 0 saturated heterocycles. The fourth-order valence-electron chi connectivity index (χ4n) is 2.99. The molecule has 3 aromatic rings. The Morgan fingerprint density at radius 1 is 1.14 bits per heavy atom. The van der Waals surface area contributed by atoms with Gasteiger partial charge in [-0.1, -0.05) is 35.9 Å². The first-order valence-electron chi connectivity index (χ1n) is 7.09. The van der Waals surface area contributed by atoms with Crippen molar-refractivity contribution < 1.29 is 9.21 Å². The molecule has 2 heterocycles. The van der Waals surface area contributed by atoms with Gasteiger partial charge in [-0.2, -0.15) is 0 Å². The molecule has 0 aliphatic carbocycles. The van der Waals surface area contributed by atoms with E-state index in [0.717, 1.165) is 28.0 Å². The maximum absolute atomic E-state index is 12.2. The van der Waals surface area contributed by atoms with Gasteiger partial charge in [-0.15, -0.1) is 0 Å². The van der Waals surface area contributed by atoms with Crippen LogP contribution in [0.5, 0.6) is 0 Å². The standard InChI is InChI=1S/C18H15NO2/c1-11-6-7-16-14(8-11)15(18(20)19-16)10-13-9-12-4-2-3-5-17(12)21-13/h2-9,15H,10H2,1H3,(H,19,20)/t15-/m0/s1. The van der Waals surface area contributed by atoms with E-state index in [1.807, 2.05) is 49.4 Å². The predicted molar refractivity (Wildman–Crippen MR) is 82.5 cm³/mol. The van der Waals surface area contributed by atoms with E-state index in [-0.39, 0.29) is 11.8 Å². The normalized spacial score (nSPS) is 17.0. The molecule has 0 bridgehead atoms. The molecule has 0 spiro atoms. The Morgan fingerprint density at radius 3 is 2.86 bits per heavy atom. The molecular formula is C18H15NO2. The Morgan fingerprint density at radius 2 is 2.00 bits per heavy atom. The molecule has 1 aliphatic heterocycles. The van der Waals surface area contributed by atoms with Crippen molar-refractivity contribution in [2.75, 3.05) is 5.32 Å². The van der Waals surface area contributed by atoms with E-state index in [1.54, 1.807) is 0 Å². The van der Waals surface area contributed by atoms with Gasteiger partial charge in [0.2, 0.25) is 5.91 Å². The van der Waals surface area contributed by atoms with Crippen molar-refractivity contribution in [1.29, 1.82) is 0 Å². The second-order valence-electron chi connectivity index (χ2n) is 5.59. The highest BCUT2D eigenvalue weighted by Crippen LogP contribution is 2.36. The zero-order valence-corrected chi connectivity index (χ0v) is 11.7. The van der Waals surface area contributed by atoms with Gasteiger partial charge in [0, 0.05) is 17.5 Å². The second kappa shape index (κ2) is 4.48. The third kappa shape index (κ3) is 2.02. The van der Waals surface area contributed by atoms with Crippen LogP contribution < -0.4 is 5.32 Å². The molecule has 0 fully saturated rings. The largest absolute Gasteiger partial charge is 0.461 e. The van der Waals surface area contributed by atoms with Gasteiger partial charge in [0.15, 0.2) is 0 Å². The number of hydrogen-bond acceptors (Lipinski definition) is 2.